The van der Waals surface area contributed by atoms with Gasteiger partial charge in [-0.25, -0.2) is 4.39 Å². The van der Waals surface area contributed by atoms with Crippen molar-refractivity contribution in [2.45, 2.75) is 26.2 Å². The number of Topliss-reactive ketones (excluding diaryl/α,β-unsaturated/α-hetero) is 1. The number of ketones is 1. The molecule has 0 radical (unpaired) electrons. The van der Waals surface area contributed by atoms with Crippen LogP contribution in [0.5, 0.6) is 0 Å². The maximum Gasteiger partial charge on any atom is 0.141 e. The number of halogens is 2. The van der Waals surface area contributed by atoms with E-state index in [1.54, 1.807) is 12.1 Å². The molecule has 0 spiro atoms. The van der Waals surface area contributed by atoms with Gasteiger partial charge in [-0.3, -0.25) is 4.79 Å². The molecule has 4 heteroatoms. The third kappa shape index (κ3) is 4.21. The zero-order valence-corrected chi connectivity index (χ0v) is 11.5. The number of benzene rings is 1. The van der Waals surface area contributed by atoms with Gasteiger partial charge < -0.3 is 5.73 Å². The second-order valence-electron chi connectivity index (χ2n) is 4.10. The van der Waals surface area contributed by atoms with Crippen molar-refractivity contribution in [3.05, 3.63) is 34.1 Å². The molecule has 1 unspecified atom stereocenters. The molecule has 1 atom stereocenters. The fourth-order valence-electron chi connectivity index (χ4n) is 1.76. The van der Waals surface area contributed by atoms with Gasteiger partial charge in [0.1, 0.15) is 11.6 Å². The van der Waals surface area contributed by atoms with Gasteiger partial charge in [0.2, 0.25) is 0 Å². The molecule has 1 aromatic rings. The number of nitrogens with two attached hydrogens (primary N) is 1. The molecule has 1 aromatic carbocycles. The standard InChI is InChI=1S/C13H17BrFNO/c1-2-3-10(8-16)13(17)6-9-4-5-11(14)7-12(9)15/h4-5,7,10H,2-3,6,8,16H2,1H3. The number of hydrogen-bond donors (Lipinski definition) is 1. The number of carbonyl (C=O) groups excluding carboxylic acids is 1. The van der Waals surface area contributed by atoms with Crippen LogP contribution in [0.25, 0.3) is 0 Å². The molecule has 0 heterocycles. The molecule has 17 heavy (non-hydrogen) atoms. The topological polar surface area (TPSA) is 43.1 Å². The second-order valence-corrected chi connectivity index (χ2v) is 5.02. The molecule has 0 aromatic heterocycles. The van der Waals surface area contributed by atoms with Gasteiger partial charge in [0, 0.05) is 23.4 Å². The molecule has 0 amide bonds. The zero-order chi connectivity index (χ0) is 12.8. The van der Waals surface area contributed by atoms with Gasteiger partial charge in [0.15, 0.2) is 0 Å². The molecule has 0 fully saturated rings. The molecule has 0 saturated carbocycles. The third-order valence-electron chi connectivity index (χ3n) is 2.76. The predicted octanol–water partition coefficient (Wildman–Crippen LogP) is 3.07. The van der Waals surface area contributed by atoms with E-state index in [1.807, 2.05) is 6.92 Å². The predicted molar refractivity (Wildman–Crippen MR) is 70.3 cm³/mol. The lowest BCUT2D eigenvalue weighted by Crippen LogP contribution is -2.25. The Morgan fingerprint density at radius 1 is 1.53 bits per heavy atom. The van der Waals surface area contributed by atoms with Gasteiger partial charge in [0.25, 0.3) is 0 Å². The van der Waals surface area contributed by atoms with Gasteiger partial charge in [-0.05, 0) is 24.1 Å². The average molecular weight is 302 g/mol. The molecule has 0 bridgehead atoms. The van der Waals surface area contributed by atoms with Crippen molar-refractivity contribution in [1.82, 2.24) is 0 Å². The molecule has 94 valence electrons. The Hall–Kier alpha value is -0.740. The lowest BCUT2D eigenvalue weighted by Gasteiger charge is -2.12. The van der Waals surface area contributed by atoms with Gasteiger partial charge in [-0.1, -0.05) is 35.3 Å². The molecular formula is C13H17BrFNO. The largest absolute Gasteiger partial charge is 0.330 e. The Morgan fingerprint density at radius 2 is 2.24 bits per heavy atom. The molecule has 2 nitrogen and oxygen atoms in total. The number of carbonyl (C=O) groups is 1. The first-order chi connectivity index (χ1) is 8.08. The Bertz CT molecular complexity index is 395. The van der Waals surface area contributed by atoms with Crippen molar-refractivity contribution in [1.29, 1.82) is 0 Å². The van der Waals surface area contributed by atoms with E-state index in [4.69, 9.17) is 5.73 Å². The maximum absolute atomic E-state index is 13.6. The second kappa shape index (κ2) is 6.87. The highest BCUT2D eigenvalue weighted by Gasteiger charge is 2.17. The van der Waals surface area contributed by atoms with Crippen LogP contribution in [-0.4, -0.2) is 12.3 Å². The van der Waals surface area contributed by atoms with Crippen molar-refractivity contribution >= 4 is 21.7 Å². The molecular weight excluding hydrogens is 285 g/mol. The van der Waals surface area contributed by atoms with Gasteiger partial charge >= 0.3 is 0 Å². The average Bonchev–Trinajstić information content (AvgIpc) is 2.29. The highest BCUT2D eigenvalue weighted by molar-refractivity contribution is 9.10. The van der Waals surface area contributed by atoms with E-state index in [2.05, 4.69) is 15.9 Å². The molecule has 0 aliphatic heterocycles. The summed E-state index contributed by atoms with van der Waals surface area (Å²) in [5, 5.41) is 0. The Balaban J connectivity index is 2.73. The van der Waals surface area contributed by atoms with Crippen LogP contribution in [0.1, 0.15) is 25.3 Å². The zero-order valence-electron chi connectivity index (χ0n) is 9.88. The monoisotopic (exact) mass is 301 g/mol. The first kappa shape index (κ1) is 14.3. The lowest BCUT2D eigenvalue weighted by atomic mass is 9.94. The van der Waals surface area contributed by atoms with Crippen LogP contribution in [0.3, 0.4) is 0 Å². The quantitative estimate of drug-likeness (QED) is 0.877. The minimum Gasteiger partial charge on any atom is -0.330 e. The Morgan fingerprint density at radius 3 is 2.76 bits per heavy atom. The van der Waals surface area contributed by atoms with Crippen molar-refractivity contribution < 1.29 is 9.18 Å². The summed E-state index contributed by atoms with van der Waals surface area (Å²) in [6.07, 6.45) is 1.81. The molecule has 2 N–H and O–H groups in total. The third-order valence-corrected chi connectivity index (χ3v) is 3.25. The van der Waals surface area contributed by atoms with Crippen LogP contribution in [0, 0.1) is 11.7 Å². The minimum atomic E-state index is -0.347. The van der Waals surface area contributed by atoms with E-state index >= 15 is 0 Å². The number of hydrogen-bond acceptors (Lipinski definition) is 2. The van der Waals surface area contributed by atoms with Crippen molar-refractivity contribution in [3.63, 3.8) is 0 Å². The van der Waals surface area contributed by atoms with E-state index < -0.39 is 0 Å². The van der Waals surface area contributed by atoms with Crippen LogP contribution >= 0.6 is 15.9 Å². The smallest absolute Gasteiger partial charge is 0.141 e. The van der Waals surface area contributed by atoms with E-state index in [-0.39, 0.29) is 23.9 Å². The molecule has 0 aliphatic rings. The van der Waals surface area contributed by atoms with E-state index in [0.29, 0.717) is 16.6 Å². The molecule has 0 saturated heterocycles. The molecule has 1 rings (SSSR count). The summed E-state index contributed by atoms with van der Waals surface area (Å²) >= 11 is 3.19. The summed E-state index contributed by atoms with van der Waals surface area (Å²) in [6.45, 7) is 2.35. The summed E-state index contributed by atoms with van der Waals surface area (Å²) in [5.74, 6) is -0.474. The van der Waals surface area contributed by atoms with Crippen LogP contribution in [0.15, 0.2) is 22.7 Å². The highest BCUT2D eigenvalue weighted by Crippen LogP contribution is 2.18. The van der Waals surface area contributed by atoms with Crippen LogP contribution in [0.4, 0.5) is 4.39 Å². The first-order valence-corrected chi connectivity index (χ1v) is 6.54. The van der Waals surface area contributed by atoms with E-state index in [9.17, 15) is 9.18 Å². The summed E-state index contributed by atoms with van der Waals surface area (Å²) in [4.78, 5) is 11.9. The summed E-state index contributed by atoms with van der Waals surface area (Å²) in [7, 11) is 0. The lowest BCUT2D eigenvalue weighted by molar-refractivity contribution is -0.122. The fourth-order valence-corrected chi connectivity index (χ4v) is 2.09. The Kier molecular flexibility index (Phi) is 5.78. The Labute approximate surface area is 110 Å². The van der Waals surface area contributed by atoms with Crippen molar-refractivity contribution in [2.75, 3.05) is 6.54 Å². The van der Waals surface area contributed by atoms with Crippen LogP contribution in [0.2, 0.25) is 0 Å². The molecule has 0 aliphatic carbocycles. The summed E-state index contributed by atoms with van der Waals surface area (Å²) in [6, 6.07) is 4.75. The normalized spacial score (nSPS) is 12.5. The SMILES string of the molecule is CCCC(CN)C(=O)Cc1ccc(Br)cc1F. The van der Waals surface area contributed by atoms with Crippen LogP contribution in [-0.2, 0) is 11.2 Å². The van der Waals surface area contributed by atoms with E-state index in [0.717, 1.165) is 12.8 Å². The number of rotatable bonds is 6. The van der Waals surface area contributed by atoms with Gasteiger partial charge in [0.05, 0.1) is 0 Å². The summed E-state index contributed by atoms with van der Waals surface area (Å²) in [5.41, 5.74) is 5.99. The summed E-state index contributed by atoms with van der Waals surface area (Å²) < 4.78 is 14.2. The van der Waals surface area contributed by atoms with Gasteiger partial charge in [-0.15, -0.1) is 0 Å². The van der Waals surface area contributed by atoms with Crippen LogP contribution < -0.4 is 5.73 Å². The van der Waals surface area contributed by atoms with E-state index in [1.165, 1.54) is 6.07 Å². The first-order valence-electron chi connectivity index (χ1n) is 5.75. The minimum absolute atomic E-state index is 0.0237. The van der Waals surface area contributed by atoms with Crippen molar-refractivity contribution in [2.24, 2.45) is 11.7 Å². The van der Waals surface area contributed by atoms with Crippen molar-refractivity contribution in [3.8, 4) is 0 Å². The maximum atomic E-state index is 13.6. The van der Waals surface area contributed by atoms with Gasteiger partial charge in [-0.2, -0.15) is 0 Å². The highest BCUT2D eigenvalue weighted by atomic mass is 79.9. The fraction of sp³-hybridized carbons (Fsp3) is 0.462.